The monoisotopic (exact) mass is 721 g/mol. The van der Waals surface area contributed by atoms with Crippen molar-refractivity contribution < 1.29 is 19.1 Å². The quantitative estimate of drug-likeness (QED) is 0.274. The fourth-order valence-electron chi connectivity index (χ4n) is 16.8. The highest BCUT2D eigenvalue weighted by Crippen LogP contribution is 2.69. The summed E-state index contributed by atoms with van der Waals surface area (Å²) in [5.74, 6) is 8.46. The minimum Gasteiger partial charge on any atom is -0.376 e. The van der Waals surface area contributed by atoms with Gasteiger partial charge in [-0.15, -0.1) is 0 Å². The molecular formula is C48H80O4. The number of Topliss-reactive ketones (excluding diaryl/α,β-unsaturated/α-hetero) is 2. The number of carbonyl (C=O) groups excluding carboxylic acids is 2. The van der Waals surface area contributed by atoms with Gasteiger partial charge in [0.15, 0.2) is 0 Å². The van der Waals surface area contributed by atoms with Crippen LogP contribution in [0.5, 0.6) is 0 Å². The lowest BCUT2D eigenvalue weighted by Gasteiger charge is -2.61. The molecule has 4 nitrogen and oxygen atoms in total. The zero-order valence-electron chi connectivity index (χ0n) is 35.4. The summed E-state index contributed by atoms with van der Waals surface area (Å²) < 4.78 is 12.4. The van der Waals surface area contributed by atoms with Gasteiger partial charge >= 0.3 is 0 Å². The summed E-state index contributed by atoms with van der Waals surface area (Å²) in [6.07, 6.45) is 25.3. The summed E-state index contributed by atoms with van der Waals surface area (Å²) in [5, 5.41) is 0. The summed E-state index contributed by atoms with van der Waals surface area (Å²) in [5.41, 5.74) is 1.65. The molecule has 0 aliphatic heterocycles. The summed E-state index contributed by atoms with van der Waals surface area (Å²) in [4.78, 5) is 24.5. The maximum atomic E-state index is 12.3. The van der Waals surface area contributed by atoms with E-state index in [4.69, 9.17) is 9.47 Å². The van der Waals surface area contributed by atoms with Crippen LogP contribution >= 0.6 is 0 Å². The first kappa shape index (κ1) is 39.5. The molecule has 0 bridgehead atoms. The van der Waals surface area contributed by atoms with Crippen LogP contribution in [0.3, 0.4) is 0 Å². The second-order valence-corrected chi connectivity index (χ2v) is 22.0. The molecule has 8 fully saturated rings. The zero-order chi connectivity index (χ0) is 37.4. The summed E-state index contributed by atoms with van der Waals surface area (Å²) >= 11 is 0. The van der Waals surface area contributed by atoms with Gasteiger partial charge in [0.25, 0.3) is 0 Å². The lowest BCUT2D eigenvalue weighted by atomic mass is 9.44. The molecule has 296 valence electrons. The number of fused-ring (bicyclic) bond motifs is 10. The Labute approximate surface area is 319 Å². The molecule has 0 aromatic heterocycles. The minimum atomic E-state index is 0.300. The Balaban J connectivity index is 0.000000162. The SMILES string of the molecule is CC(=O)[C@H]1CC[C@H]2[C@@H]3CC[C@H]4C[C@@H](OC(C)C)CC[C@]4(C)[C@H]3CC[C@]12C.CC(=O)[C@H]1CC[C@H]2[C@@H]3CC[C@H]4C[C@H](OC(C)C)CC[C@]4(C)[C@H]3CC[C@]12C. The third kappa shape index (κ3) is 6.66. The van der Waals surface area contributed by atoms with Crippen LogP contribution in [-0.2, 0) is 19.1 Å². The Morgan fingerprint density at radius 2 is 0.808 bits per heavy atom. The summed E-state index contributed by atoms with van der Waals surface area (Å²) in [6, 6.07) is 0. The fraction of sp³-hybridized carbons (Fsp3) is 0.958. The second kappa shape index (κ2) is 14.6. The molecule has 0 radical (unpaired) electrons. The van der Waals surface area contributed by atoms with Crippen molar-refractivity contribution in [2.45, 2.75) is 209 Å². The molecule has 8 rings (SSSR count). The molecule has 0 aromatic rings. The number of carbonyl (C=O) groups is 2. The molecule has 0 saturated heterocycles. The summed E-state index contributed by atoms with van der Waals surface area (Å²) in [7, 11) is 0. The summed E-state index contributed by atoms with van der Waals surface area (Å²) in [6.45, 7) is 22.6. The molecule has 52 heavy (non-hydrogen) atoms. The van der Waals surface area contributed by atoms with Crippen LogP contribution in [0.1, 0.15) is 185 Å². The minimum absolute atomic E-state index is 0.300. The normalized spacial score (nSPS) is 50.8. The van der Waals surface area contributed by atoms with Gasteiger partial charge in [-0.1, -0.05) is 27.7 Å². The number of ether oxygens (including phenoxy) is 2. The van der Waals surface area contributed by atoms with Crippen LogP contribution in [0.2, 0.25) is 0 Å². The van der Waals surface area contributed by atoms with E-state index in [0.717, 1.165) is 60.2 Å². The van der Waals surface area contributed by atoms with Crippen LogP contribution < -0.4 is 0 Å². The van der Waals surface area contributed by atoms with Gasteiger partial charge in [-0.25, -0.2) is 0 Å². The van der Waals surface area contributed by atoms with E-state index in [1.807, 2.05) is 13.8 Å². The average molecular weight is 721 g/mol. The highest BCUT2D eigenvalue weighted by molar-refractivity contribution is 5.80. The number of rotatable bonds is 6. The number of hydrogen-bond acceptors (Lipinski definition) is 4. The maximum absolute atomic E-state index is 12.3. The van der Waals surface area contributed by atoms with Gasteiger partial charge in [-0.05, 0) is 226 Å². The van der Waals surface area contributed by atoms with E-state index in [0.29, 0.717) is 69.5 Å². The van der Waals surface area contributed by atoms with E-state index in [2.05, 4.69) is 55.4 Å². The first-order valence-electron chi connectivity index (χ1n) is 22.8. The molecular weight excluding hydrogens is 641 g/mol. The molecule has 0 spiro atoms. The van der Waals surface area contributed by atoms with E-state index in [-0.39, 0.29) is 0 Å². The van der Waals surface area contributed by atoms with Gasteiger partial charge in [0.1, 0.15) is 11.6 Å². The molecule has 0 amide bonds. The van der Waals surface area contributed by atoms with Gasteiger partial charge in [-0.3, -0.25) is 9.59 Å². The molecule has 0 N–H and O–H groups in total. The number of hydrogen-bond donors (Lipinski definition) is 0. The second-order valence-electron chi connectivity index (χ2n) is 22.0. The Morgan fingerprint density at radius 1 is 0.462 bits per heavy atom. The molecule has 0 aromatic carbocycles. The van der Waals surface area contributed by atoms with Gasteiger partial charge < -0.3 is 9.47 Å². The van der Waals surface area contributed by atoms with Crippen LogP contribution in [-0.4, -0.2) is 36.0 Å². The zero-order valence-corrected chi connectivity index (χ0v) is 35.4. The highest BCUT2D eigenvalue weighted by atomic mass is 16.5. The van der Waals surface area contributed by atoms with Gasteiger partial charge in [-0.2, -0.15) is 0 Å². The van der Waals surface area contributed by atoms with Gasteiger partial charge in [0, 0.05) is 11.8 Å². The van der Waals surface area contributed by atoms with Crippen LogP contribution in [0.25, 0.3) is 0 Å². The number of ketones is 2. The van der Waals surface area contributed by atoms with Gasteiger partial charge in [0.2, 0.25) is 0 Å². The third-order valence-electron chi connectivity index (χ3n) is 19.1. The van der Waals surface area contributed by atoms with E-state index in [9.17, 15) is 9.59 Å². The lowest BCUT2D eigenvalue weighted by molar-refractivity contribution is -0.145. The van der Waals surface area contributed by atoms with Crippen molar-refractivity contribution in [3.63, 3.8) is 0 Å². The topological polar surface area (TPSA) is 52.6 Å². The predicted molar refractivity (Wildman–Crippen MR) is 212 cm³/mol. The molecule has 0 unspecified atom stereocenters. The van der Waals surface area contributed by atoms with Crippen molar-refractivity contribution in [2.75, 3.05) is 0 Å². The first-order chi connectivity index (χ1) is 24.5. The fourth-order valence-corrected chi connectivity index (χ4v) is 16.8. The van der Waals surface area contributed by atoms with Crippen molar-refractivity contribution in [1.82, 2.24) is 0 Å². The van der Waals surface area contributed by atoms with Crippen molar-refractivity contribution in [1.29, 1.82) is 0 Å². The highest BCUT2D eigenvalue weighted by Gasteiger charge is 2.62. The smallest absolute Gasteiger partial charge is 0.133 e. The Bertz CT molecular complexity index is 1210. The molecule has 0 heterocycles. The Hall–Kier alpha value is -0.740. The van der Waals surface area contributed by atoms with E-state index >= 15 is 0 Å². The third-order valence-corrected chi connectivity index (χ3v) is 19.1. The van der Waals surface area contributed by atoms with Crippen molar-refractivity contribution >= 4 is 11.6 Å². The predicted octanol–water partition coefficient (Wildman–Crippen LogP) is 12.1. The molecule has 8 aliphatic carbocycles. The molecule has 4 heteroatoms. The maximum Gasteiger partial charge on any atom is 0.133 e. The van der Waals surface area contributed by atoms with Crippen LogP contribution in [0.4, 0.5) is 0 Å². The Morgan fingerprint density at radius 3 is 1.15 bits per heavy atom. The van der Waals surface area contributed by atoms with Crippen molar-refractivity contribution in [3.8, 4) is 0 Å². The molecule has 8 aliphatic rings. The van der Waals surface area contributed by atoms with Crippen molar-refractivity contribution in [2.24, 2.45) is 80.8 Å². The van der Waals surface area contributed by atoms with Gasteiger partial charge in [0.05, 0.1) is 24.4 Å². The van der Waals surface area contributed by atoms with Crippen molar-refractivity contribution in [3.05, 3.63) is 0 Å². The molecule has 16 atom stereocenters. The lowest BCUT2D eigenvalue weighted by Crippen LogP contribution is -2.54. The van der Waals surface area contributed by atoms with E-state index < -0.39 is 0 Å². The first-order valence-corrected chi connectivity index (χ1v) is 22.8. The van der Waals surface area contributed by atoms with E-state index in [1.54, 1.807) is 0 Å². The van der Waals surface area contributed by atoms with Crippen LogP contribution in [0.15, 0.2) is 0 Å². The van der Waals surface area contributed by atoms with E-state index in [1.165, 1.54) is 103 Å². The average Bonchev–Trinajstić information content (AvgIpc) is 3.62. The van der Waals surface area contributed by atoms with Crippen LogP contribution in [0, 0.1) is 80.8 Å². The largest absolute Gasteiger partial charge is 0.376 e. The molecule has 8 saturated carbocycles. The Kier molecular flexibility index (Phi) is 11.1. The standard InChI is InChI=1S/2C24H40O2/c2*1-15(2)26-18-10-12-23(4)17(14-18)6-7-19-21-9-8-20(16(3)25)24(21,5)13-11-22(19)23/h2*15,17-22H,6-14H2,1-5H3/t17-,18+,19-,20+,21-,22-,23-,24+;17-,18-,19-,20+,21-,22-,23-,24+/m00/s1.